The number of rotatable bonds is 10. The molecule has 3 aromatic heterocycles. The van der Waals surface area contributed by atoms with Crippen molar-refractivity contribution in [1.29, 1.82) is 0 Å². The van der Waals surface area contributed by atoms with Crippen molar-refractivity contribution in [2.24, 2.45) is 0 Å². The minimum atomic E-state index is -4.45. The molecule has 1 aromatic carbocycles. The van der Waals surface area contributed by atoms with Gasteiger partial charge in [-0.05, 0) is 63.6 Å². The number of hydrogen-bond donors (Lipinski definition) is 3. The fourth-order valence-corrected chi connectivity index (χ4v) is 7.67. The Morgan fingerprint density at radius 3 is 2.62 bits per heavy atom. The Morgan fingerprint density at radius 1 is 1.22 bits per heavy atom. The van der Waals surface area contributed by atoms with Gasteiger partial charge in [0.2, 0.25) is 17.6 Å². The van der Waals surface area contributed by atoms with E-state index in [1.165, 1.54) is 42.2 Å². The third-order valence-electron chi connectivity index (χ3n) is 8.44. The van der Waals surface area contributed by atoms with Gasteiger partial charge in [0, 0.05) is 24.3 Å². The van der Waals surface area contributed by atoms with Gasteiger partial charge in [-0.2, -0.15) is 18.2 Å². The molecule has 3 N–H and O–H groups in total. The number of anilines is 1. The number of halogens is 3. The Morgan fingerprint density at radius 2 is 1.96 bits per heavy atom. The molecule has 0 radical (unpaired) electrons. The summed E-state index contributed by atoms with van der Waals surface area (Å²) in [5, 5.41) is 25.0. The van der Waals surface area contributed by atoms with Crippen molar-refractivity contribution in [2.75, 3.05) is 19.5 Å². The summed E-state index contributed by atoms with van der Waals surface area (Å²) in [6.45, 7) is 3.19. The molecule has 2 fully saturated rings. The summed E-state index contributed by atoms with van der Waals surface area (Å²) in [4.78, 5) is 20.0. The lowest BCUT2D eigenvalue weighted by atomic mass is 9.97. The number of fused-ring (bicyclic) bond motifs is 3. The van der Waals surface area contributed by atoms with Crippen molar-refractivity contribution in [3.05, 3.63) is 41.4 Å². The van der Waals surface area contributed by atoms with Gasteiger partial charge >= 0.3 is 6.18 Å². The summed E-state index contributed by atoms with van der Waals surface area (Å²) in [5.74, 6) is -0.413. The van der Waals surface area contributed by atoms with Gasteiger partial charge < -0.3 is 29.9 Å². The molecule has 0 spiro atoms. The molecule has 242 valence electrons. The third kappa shape index (κ3) is 6.79. The van der Waals surface area contributed by atoms with Crippen LogP contribution in [0.5, 0.6) is 5.88 Å². The normalized spacial score (nSPS) is 20.6. The van der Waals surface area contributed by atoms with Crippen molar-refractivity contribution in [2.45, 2.75) is 88.9 Å². The fourth-order valence-electron chi connectivity index (χ4n) is 6.45. The van der Waals surface area contributed by atoms with Gasteiger partial charge in [-0.15, -0.1) is 16.4 Å². The lowest BCUT2D eigenvalue weighted by molar-refractivity contribution is -0.126. The number of methoxy groups -OCH3 is 1. The van der Waals surface area contributed by atoms with E-state index in [1.54, 1.807) is 26.0 Å². The maximum absolute atomic E-state index is 13.8. The molecule has 5 heterocycles. The Labute approximate surface area is 261 Å². The molecule has 2 saturated heterocycles. The topological polar surface area (TPSA) is 131 Å². The molecule has 11 nitrogen and oxygen atoms in total. The molecule has 1 amide bonds. The molecular formula is C30H36F3N7O4S. The van der Waals surface area contributed by atoms with Crippen LogP contribution in [0.15, 0.2) is 28.9 Å². The molecular weight excluding hydrogens is 611 g/mol. The highest BCUT2D eigenvalue weighted by molar-refractivity contribution is 7.23. The third-order valence-corrected chi connectivity index (χ3v) is 9.72. The van der Waals surface area contributed by atoms with Crippen LogP contribution >= 0.6 is 11.3 Å². The Bertz CT molecular complexity index is 1680. The van der Waals surface area contributed by atoms with E-state index in [0.717, 1.165) is 18.5 Å². The van der Waals surface area contributed by atoms with Gasteiger partial charge in [0.15, 0.2) is 0 Å². The van der Waals surface area contributed by atoms with E-state index in [1.807, 2.05) is 6.07 Å². The molecule has 4 aromatic rings. The first-order valence-electron chi connectivity index (χ1n) is 14.8. The first kappa shape index (κ1) is 31.3. The largest absolute Gasteiger partial charge is 0.479 e. The Balaban J connectivity index is 1.23. The second kappa shape index (κ2) is 11.9. The average molecular weight is 648 g/mol. The van der Waals surface area contributed by atoms with Crippen molar-refractivity contribution in [3.8, 4) is 16.6 Å². The number of thiophene rings is 1. The molecule has 2 atom stereocenters. The molecule has 45 heavy (non-hydrogen) atoms. The summed E-state index contributed by atoms with van der Waals surface area (Å²) < 4.78 is 54.1. The maximum atomic E-state index is 13.8. The fraction of sp³-hybridized carbons (Fsp3) is 0.533. The predicted molar refractivity (Wildman–Crippen MR) is 162 cm³/mol. The molecule has 0 saturated carbocycles. The van der Waals surface area contributed by atoms with Gasteiger partial charge in [0.25, 0.3) is 5.91 Å². The number of ether oxygens (including phenoxy) is 1. The zero-order chi connectivity index (χ0) is 32.1. The van der Waals surface area contributed by atoms with Crippen molar-refractivity contribution in [3.63, 3.8) is 0 Å². The van der Waals surface area contributed by atoms with Crippen LogP contribution in [0.2, 0.25) is 0 Å². The van der Waals surface area contributed by atoms with E-state index in [9.17, 15) is 23.1 Å². The van der Waals surface area contributed by atoms with Crippen LogP contribution in [0, 0.1) is 0 Å². The van der Waals surface area contributed by atoms with E-state index in [2.05, 4.69) is 37.8 Å². The molecule has 0 aliphatic carbocycles. The molecule has 2 unspecified atom stereocenters. The lowest BCUT2D eigenvalue weighted by Crippen LogP contribution is -2.44. The zero-order valence-corrected chi connectivity index (χ0v) is 26.3. The minimum absolute atomic E-state index is 0.0248. The minimum Gasteiger partial charge on any atom is -0.479 e. The van der Waals surface area contributed by atoms with Crippen LogP contribution in [0.4, 0.5) is 18.9 Å². The van der Waals surface area contributed by atoms with E-state index < -0.39 is 24.1 Å². The van der Waals surface area contributed by atoms with Crippen LogP contribution in [0.1, 0.15) is 61.3 Å². The van der Waals surface area contributed by atoms with Crippen LogP contribution in [-0.2, 0) is 19.5 Å². The molecule has 2 aliphatic rings. The Kier molecular flexibility index (Phi) is 8.29. The number of alkyl halides is 3. The summed E-state index contributed by atoms with van der Waals surface area (Å²) in [6.07, 6.45) is 0.179. The van der Waals surface area contributed by atoms with Gasteiger partial charge in [-0.3, -0.25) is 9.48 Å². The summed E-state index contributed by atoms with van der Waals surface area (Å²) in [5.41, 5.74) is -0.0338. The van der Waals surface area contributed by atoms with Crippen molar-refractivity contribution in [1.82, 2.24) is 30.1 Å². The lowest BCUT2D eigenvalue weighted by Gasteiger charge is -2.37. The number of amides is 1. The number of carbonyl (C=O) groups excluding carboxylic acids is 1. The SMILES string of the molecule is COc1nn(CC(C)(C)O)cc1C(=O)NCc1nc(-c2sc3c(NC4CC5CCC(C4)N5C)cccc3c2CC(F)(F)F)no1. The first-order chi connectivity index (χ1) is 21.3. The number of nitrogens with one attached hydrogen (secondary N) is 2. The van der Waals surface area contributed by atoms with Crippen molar-refractivity contribution >= 4 is 33.0 Å². The van der Waals surface area contributed by atoms with E-state index in [4.69, 9.17) is 9.26 Å². The summed E-state index contributed by atoms with van der Waals surface area (Å²) >= 11 is 1.20. The number of piperidine rings is 1. The molecule has 2 bridgehead atoms. The second-order valence-electron chi connectivity index (χ2n) is 12.5. The number of carbonyl (C=O) groups is 1. The molecule has 2 aliphatic heterocycles. The quantitative estimate of drug-likeness (QED) is 0.218. The number of aliphatic hydroxyl groups is 1. The van der Waals surface area contributed by atoms with Crippen molar-refractivity contribution < 1.29 is 32.3 Å². The molecule has 15 heteroatoms. The smallest absolute Gasteiger partial charge is 0.393 e. The maximum Gasteiger partial charge on any atom is 0.393 e. The van der Waals surface area contributed by atoms with Gasteiger partial charge in [0.1, 0.15) is 5.56 Å². The number of benzene rings is 1. The average Bonchev–Trinajstić information content (AvgIpc) is 3.71. The summed E-state index contributed by atoms with van der Waals surface area (Å²) in [7, 11) is 3.54. The highest BCUT2D eigenvalue weighted by atomic mass is 32.1. The monoisotopic (exact) mass is 647 g/mol. The summed E-state index contributed by atoms with van der Waals surface area (Å²) in [6, 6.07) is 6.66. The first-order valence-corrected chi connectivity index (χ1v) is 15.6. The number of hydrogen-bond acceptors (Lipinski definition) is 10. The van der Waals surface area contributed by atoms with Gasteiger partial charge in [0.05, 0.1) is 47.5 Å². The number of nitrogens with zero attached hydrogens (tertiary/aromatic N) is 5. The van der Waals surface area contributed by atoms with Gasteiger partial charge in [-0.25, -0.2) is 0 Å². The van der Waals surface area contributed by atoms with Crippen LogP contribution in [0.3, 0.4) is 0 Å². The van der Waals surface area contributed by atoms with Crippen LogP contribution in [-0.4, -0.2) is 79.9 Å². The predicted octanol–water partition coefficient (Wildman–Crippen LogP) is 5.00. The van der Waals surface area contributed by atoms with Crippen LogP contribution in [0.25, 0.3) is 20.8 Å². The van der Waals surface area contributed by atoms with Gasteiger partial charge in [-0.1, -0.05) is 17.3 Å². The van der Waals surface area contributed by atoms with E-state index in [0.29, 0.717) is 22.2 Å². The van der Waals surface area contributed by atoms with Crippen LogP contribution < -0.4 is 15.4 Å². The zero-order valence-electron chi connectivity index (χ0n) is 25.4. The standard InChI is InChI=1S/C30H36F3N7O4S/c1-29(2,42)15-40-14-21(28(37-40)43-4)27(41)34-13-23-36-26(38-44-23)25-20(12-30(31,32)33)19-6-5-7-22(24(19)45-25)35-16-10-17-8-9-18(11-16)39(17)3/h5-7,14,16-18,35,42H,8-13,15H2,1-4H3,(H,34,41). The van der Waals surface area contributed by atoms with E-state index in [-0.39, 0.29) is 52.7 Å². The molecule has 6 rings (SSSR count). The highest BCUT2D eigenvalue weighted by Crippen LogP contribution is 2.44. The second-order valence-corrected chi connectivity index (χ2v) is 13.5. The Hall–Kier alpha value is -3.69. The highest BCUT2D eigenvalue weighted by Gasteiger charge is 2.39. The van der Waals surface area contributed by atoms with E-state index >= 15 is 0 Å². The number of aromatic nitrogens is 4.